The third-order valence-electron chi connectivity index (χ3n) is 3.45. The van der Waals surface area contributed by atoms with Crippen molar-refractivity contribution in [3.05, 3.63) is 51.2 Å². The topological polar surface area (TPSA) is 55.4 Å². The number of ether oxygens (including phenoxy) is 1. The number of benzene rings is 1. The van der Waals surface area contributed by atoms with Crippen molar-refractivity contribution in [1.82, 2.24) is 0 Å². The number of anilines is 1. The molecule has 0 saturated carbocycles. The van der Waals surface area contributed by atoms with E-state index in [0.717, 1.165) is 11.3 Å². The first-order valence-electron chi connectivity index (χ1n) is 7.54. The van der Waals surface area contributed by atoms with Crippen LogP contribution in [0.15, 0.2) is 36.4 Å². The van der Waals surface area contributed by atoms with E-state index in [0.29, 0.717) is 14.9 Å². The lowest BCUT2D eigenvalue weighted by Gasteiger charge is -2.19. The normalized spacial score (nSPS) is 12.5. The second-order valence-electron chi connectivity index (χ2n) is 6.47. The van der Waals surface area contributed by atoms with Crippen LogP contribution in [0.4, 0.5) is 5.69 Å². The number of esters is 1. The Morgan fingerprint density at radius 3 is 2.25 bits per heavy atom. The molecule has 2 rings (SSSR count). The largest absolute Gasteiger partial charge is 0.448 e. The molecular formula is C18H20ClNO3S. The number of halogens is 1. The van der Waals surface area contributed by atoms with Gasteiger partial charge in [-0.25, -0.2) is 4.79 Å². The SMILES string of the molecule is CC(OC(=O)c1ccc(Cl)s1)C(=O)Nc1ccc(C(C)(C)C)cc1. The average molecular weight is 366 g/mol. The first-order valence-corrected chi connectivity index (χ1v) is 8.74. The molecule has 0 spiro atoms. The molecule has 1 N–H and O–H groups in total. The van der Waals surface area contributed by atoms with Crippen LogP contribution in [0.25, 0.3) is 0 Å². The summed E-state index contributed by atoms with van der Waals surface area (Å²) in [4.78, 5) is 24.5. The van der Waals surface area contributed by atoms with E-state index >= 15 is 0 Å². The van der Waals surface area contributed by atoms with Crippen LogP contribution in [0.1, 0.15) is 42.9 Å². The molecule has 1 aromatic heterocycles. The van der Waals surface area contributed by atoms with Crippen LogP contribution in [0.2, 0.25) is 4.34 Å². The zero-order valence-electron chi connectivity index (χ0n) is 14.1. The van der Waals surface area contributed by atoms with Gasteiger partial charge < -0.3 is 10.1 Å². The van der Waals surface area contributed by atoms with E-state index in [4.69, 9.17) is 16.3 Å². The standard InChI is InChI=1S/C18H20ClNO3S/c1-11(23-17(22)14-9-10-15(19)24-14)16(21)20-13-7-5-12(6-8-13)18(2,3)4/h5-11H,1-4H3,(H,20,21). The molecule has 128 valence electrons. The van der Waals surface area contributed by atoms with Crippen molar-refractivity contribution in [3.8, 4) is 0 Å². The van der Waals surface area contributed by atoms with Gasteiger partial charge in [-0.15, -0.1) is 11.3 Å². The molecule has 24 heavy (non-hydrogen) atoms. The minimum absolute atomic E-state index is 0.0490. The monoisotopic (exact) mass is 365 g/mol. The predicted molar refractivity (Wildman–Crippen MR) is 98.0 cm³/mol. The van der Waals surface area contributed by atoms with Crippen molar-refractivity contribution in [3.63, 3.8) is 0 Å². The second-order valence-corrected chi connectivity index (χ2v) is 8.18. The summed E-state index contributed by atoms with van der Waals surface area (Å²) < 4.78 is 5.66. The number of carbonyl (C=O) groups excluding carboxylic acids is 2. The second kappa shape index (κ2) is 7.36. The van der Waals surface area contributed by atoms with Gasteiger partial charge in [0.25, 0.3) is 5.91 Å². The average Bonchev–Trinajstić information content (AvgIpc) is 2.93. The van der Waals surface area contributed by atoms with Crippen molar-refractivity contribution in [2.45, 2.75) is 39.2 Å². The van der Waals surface area contributed by atoms with E-state index in [1.807, 2.05) is 24.3 Å². The fourth-order valence-corrected chi connectivity index (χ4v) is 2.92. The molecule has 1 aromatic carbocycles. The van der Waals surface area contributed by atoms with Gasteiger partial charge in [0.2, 0.25) is 0 Å². The Kier molecular flexibility index (Phi) is 5.67. The smallest absolute Gasteiger partial charge is 0.349 e. The molecule has 1 atom stereocenters. The van der Waals surface area contributed by atoms with Crippen molar-refractivity contribution < 1.29 is 14.3 Å². The number of thiophene rings is 1. The number of carbonyl (C=O) groups is 2. The maximum absolute atomic E-state index is 12.2. The van der Waals surface area contributed by atoms with E-state index in [1.54, 1.807) is 12.1 Å². The summed E-state index contributed by atoms with van der Waals surface area (Å²) in [5.41, 5.74) is 1.89. The highest BCUT2D eigenvalue weighted by molar-refractivity contribution is 7.17. The maximum atomic E-state index is 12.2. The molecular weight excluding hydrogens is 346 g/mol. The van der Waals surface area contributed by atoms with E-state index in [2.05, 4.69) is 26.1 Å². The van der Waals surface area contributed by atoms with Gasteiger partial charge in [0, 0.05) is 5.69 Å². The van der Waals surface area contributed by atoms with E-state index in [9.17, 15) is 9.59 Å². The van der Waals surface area contributed by atoms with Crippen molar-refractivity contribution in [1.29, 1.82) is 0 Å². The van der Waals surface area contributed by atoms with Gasteiger partial charge >= 0.3 is 5.97 Å². The van der Waals surface area contributed by atoms with Crippen LogP contribution < -0.4 is 5.32 Å². The lowest BCUT2D eigenvalue weighted by Crippen LogP contribution is -2.29. The molecule has 0 aliphatic carbocycles. The third-order valence-corrected chi connectivity index (χ3v) is 4.66. The Morgan fingerprint density at radius 2 is 1.75 bits per heavy atom. The fraction of sp³-hybridized carbons (Fsp3) is 0.333. The summed E-state index contributed by atoms with van der Waals surface area (Å²) in [6, 6.07) is 10.8. The molecule has 0 aliphatic rings. The molecule has 2 aromatic rings. The Hall–Kier alpha value is -1.85. The van der Waals surface area contributed by atoms with E-state index in [-0.39, 0.29) is 11.3 Å². The zero-order chi connectivity index (χ0) is 17.9. The molecule has 0 fully saturated rings. The van der Waals surface area contributed by atoms with Gasteiger partial charge in [-0.3, -0.25) is 4.79 Å². The fourth-order valence-electron chi connectivity index (χ4n) is 1.99. The van der Waals surface area contributed by atoms with E-state index < -0.39 is 12.1 Å². The molecule has 6 heteroatoms. The molecule has 0 radical (unpaired) electrons. The quantitative estimate of drug-likeness (QED) is 0.785. The minimum atomic E-state index is -0.902. The lowest BCUT2D eigenvalue weighted by molar-refractivity contribution is -0.123. The van der Waals surface area contributed by atoms with Crippen molar-refractivity contribution in [2.75, 3.05) is 5.32 Å². The molecule has 0 bridgehead atoms. The van der Waals surface area contributed by atoms with Crippen LogP contribution in [-0.2, 0) is 14.9 Å². The van der Waals surface area contributed by atoms with Gasteiger partial charge in [-0.1, -0.05) is 44.5 Å². The van der Waals surface area contributed by atoms with Crippen LogP contribution in [0.3, 0.4) is 0 Å². The summed E-state index contributed by atoms with van der Waals surface area (Å²) in [5.74, 6) is -0.938. The lowest BCUT2D eigenvalue weighted by atomic mass is 9.87. The summed E-state index contributed by atoms with van der Waals surface area (Å²) in [7, 11) is 0. The van der Waals surface area contributed by atoms with Gasteiger partial charge in [0.1, 0.15) is 4.88 Å². The van der Waals surface area contributed by atoms with Crippen LogP contribution in [0, 0.1) is 0 Å². The van der Waals surface area contributed by atoms with Crippen molar-refractivity contribution >= 4 is 40.5 Å². The zero-order valence-corrected chi connectivity index (χ0v) is 15.6. The first kappa shape index (κ1) is 18.5. The Bertz CT molecular complexity index is 731. The van der Waals surface area contributed by atoms with Crippen molar-refractivity contribution in [2.24, 2.45) is 0 Å². The summed E-state index contributed by atoms with van der Waals surface area (Å²) in [5, 5.41) is 2.74. The van der Waals surface area contributed by atoms with Gasteiger partial charge in [0.05, 0.1) is 4.34 Å². The summed E-state index contributed by atoms with van der Waals surface area (Å²) in [6.45, 7) is 7.91. The number of hydrogen-bond donors (Lipinski definition) is 1. The highest BCUT2D eigenvalue weighted by Crippen LogP contribution is 2.24. The first-order chi connectivity index (χ1) is 11.2. The molecule has 1 amide bonds. The highest BCUT2D eigenvalue weighted by Gasteiger charge is 2.20. The number of hydrogen-bond acceptors (Lipinski definition) is 4. The Morgan fingerprint density at radius 1 is 1.12 bits per heavy atom. The number of rotatable bonds is 4. The Labute approximate surface area is 150 Å². The van der Waals surface area contributed by atoms with Crippen LogP contribution in [-0.4, -0.2) is 18.0 Å². The molecule has 1 unspecified atom stereocenters. The number of nitrogens with one attached hydrogen (secondary N) is 1. The van der Waals surface area contributed by atoms with Crippen LogP contribution >= 0.6 is 22.9 Å². The van der Waals surface area contributed by atoms with E-state index in [1.165, 1.54) is 12.5 Å². The molecule has 0 aliphatic heterocycles. The highest BCUT2D eigenvalue weighted by atomic mass is 35.5. The number of amides is 1. The minimum Gasteiger partial charge on any atom is -0.448 e. The summed E-state index contributed by atoms with van der Waals surface area (Å²) >= 11 is 6.90. The van der Waals surface area contributed by atoms with Gasteiger partial charge in [0.15, 0.2) is 6.10 Å². The van der Waals surface area contributed by atoms with Gasteiger partial charge in [-0.05, 0) is 42.2 Å². The maximum Gasteiger partial charge on any atom is 0.349 e. The Balaban J connectivity index is 1.95. The van der Waals surface area contributed by atoms with Crippen LogP contribution in [0.5, 0.6) is 0 Å². The molecule has 1 heterocycles. The predicted octanol–water partition coefficient (Wildman–Crippen LogP) is 4.88. The van der Waals surface area contributed by atoms with Gasteiger partial charge in [-0.2, -0.15) is 0 Å². The molecule has 0 saturated heterocycles. The third kappa shape index (κ3) is 4.82. The summed E-state index contributed by atoms with van der Waals surface area (Å²) in [6.07, 6.45) is -0.902. The molecule has 4 nitrogen and oxygen atoms in total.